The van der Waals surface area contributed by atoms with E-state index < -0.39 is 0 Å². The van der Waals surface area contributed by atoms with Crippen LogP contribution in [0.5, 0.6) is 0 Å². The highest BCUT2D eigenvalue weighted by Crippen LogP contribution is 2.13. The number of carbonyl (C=O) groups excluding carboxylic acids is 1. The summed E-state index contributed by atoms with van der Waals surface area (Å²) >= 11 is 0. The Morgan fingerprint density at radius 1 is 1.30 bits per heavy atom. The zero-order chi connectivity index (χ0) is 14.4. The summed E-state index contributed by atoms with van der Waals surface area (Å²) in [5.41, 5.74) is 2.56. The van der Waals surface area contributed by atoms with Crippen molar-refractivity contribution in [3.63, 3.8) is 0 Å². The normalized spacial score (nSPS) is 17.0. The predicted molar refractivity (Wildman–Crippen MR) is 79.6 cm³/mol. The Labute approximate surface area is 121 Å². The van der Waals surface area contributed by atoms with Crippen LogP contribution in [-0.2, 0) is 16.0 Å². The molecule has 0 bridgehead atoms. The maximum atomic E-state index is 12.0. The van der Waals surface area contributed by atoms with Crippen LogP contribution in [-0.4, -0.2) is 43.7 Å². The van der Waals surface area contributed by atoms with Crippen LogP contribution in [0.25, 0.3) is 0 Å². The fourth-order valence-electron chi connectivity index (χ4n) is 2.32. The first-order valence-corrected chi connectivity index (χ1v) is 7.38. The predicted octanol–water partition coefficient (Wildman–Crippen LogP) is 1.76. The molecule has 0 spiro atoms. The number of hydrogen-bond donors (Lipinski definition) is 1. The quantitative estimate of drug-likeness (QED) is 0.891. The maximum absolute atomic E-state index is 12.0. The molecule has 1 aliphatic heterocycles. The van der Waals surface area contributed by atoms with Gasteiger partial charge in [0, 0.05) is 19.1 Å². The lowest BCUT2D eigenvalue weighted by molar-refractivity contribution is -0.134. The summed E-state index contributed by atoms with van der Waals surface area (Å²) in [6, 6.07) is 8.76. The Hall–Kier alpha value is -1.39. The van der Waals surface area contributed by atoms with Gasteiger partial charge in [-0.25, -0.2) is 0 Å². The van der Waals surface area contributed by atoms with Gasteiger partial charge in [-0.15, -0.1) is 0 Å². The van der Waals surface area contributed by atoms with E-state index in [9.17, 15) is 4.79 Å². The summed E-state index contributed by atoms with van der Waals surface area (Å²) in [5.74, 6) is 0.158. The number of amides is 1. The molecule has 20 heavy (non-hydrogen) atoms. The van der Waals surface area contributed by atoms with Crippen molar-refractivity contribution in [3.8, 4) is 0 Å². The lowest BCUT2D eigenvalue weighted by Gasteiger charge is -2.27. The third-order valence-corrected chi connectivity index (χ3v) is 3.81. The molecule has 1 amide bonds. The van der Waals surface area contributed by atoms with Crippen LogP contribution in [0.2, 0.25) is 0 Å². The molecule has 1 heterocycles. The molecule has 4 heteroatoms. The van der Waals surface area contributed by atoms with Gasteiger partial charge in [0.1, 0.15) is 0 Å². The monoisotopic (exact) mass is 276 g/mol. The molecule has 1 aromatic rings. The number of benzene rings is 1. The molecule has 1 saturated heterocycles. The van der Waals surface area contributed by atoms with Crippen molar-refractivity contribution in [2.24, 2.45) is 0 Å². The Morgan fingerprint density at radius 3 is 2.55 bits per heavy atom. The van der Waals surface area contributed by atoms with Crippen molar-refractivity contribution < 1.29 is 9.53 Å². The van der Waals surface area contributed by atoms with Gasteiger partial charge in [0.05, 0.1) is 19.8 Å². The topological polar surface area (TPSA) is 41.6 Å². The lowest BCUT2D eigenvalue weighted by atomic mass is 10.1. The number of rotatable bonds is 5. The van der Waals surface area contributed by atoms with Crippen LogP contribution in [0.15, 0.2) is 24.3 Å². The van der Waals surface area contributed by atoms with E-state index in [-0.39, 0.29) is 11.9 Å². The number of nitrogens with zero attached hydrogens (tertiary/aromatic N) is 1. The van der Waals surface area contributed by atoms with Crippen molar-refractivity contribution in [2.45, 2.75) is 26.3 Å². The van der Waals surface area contributed by atoms with Gasteiger partial charge < -0.3 is 15.0 Å². The van der Waals surface area contributed by atoms with E-state index in [0.717, 1.165) is 6.42 Å². The second-order valence-electron chi connectivity index (χ2n) is 5.19. The van der Waals surface area contributed by atoms with Gasteiger partial charge in [-0.2, -0.15) is 0 Å². The van der Waals surface area contributed by atoms with E-state index in [1.165, 1.54) is 11.1 Å². The number of aryl methyl sites for hydroxylation is 1. The highest BCUT2D eigenvalue weighted by molar-refractivity contribution is 5.78. The fraction of sp³-hybridized carbons (Fsp3) is 0.562. The van der Waals surface area contributed by atoms with Crippen LogP contribution in [0, 0.1) is 0 Å². The molecule has 1 fully saturated rings. The van der Waals surface area contributed by atoms with Crippen LogP contribution in [0.1, 0.15) is 31.0 Å². The molecule has 1 aliphatic rings. The maximum Gasteiger partial charge on any atom is 0.236 e. The molecule has 0 aliphatic carbocycles. The average molecular weight is 276 g/mol. The zero-order valence-electron chi connectivity index (χ0n) is 12.4. The van der Waals surface area contributed by atoms with Gasteiger partial charge in [-0.3, -0.25) is 4.79 Å². The number of carbonyl (C=O) groups is 1. The molecule has 4 nitrogen and oxygen atoms in total. The highest BCUT2D eigenvalue weighted by atomic mass is 16.5. The molecule has 0 radical (unpaired) electrons. The number of hydrogen-bond acceptors (Lipinski definition) is 3. The van der Waals surface area contributed by atoms with Crippen LogP contribution >= 0.6 is 0 Å². The molecule has 0 saturated carbocycles. The summed E-state index contributed by atoms with van der Waals surface area (Å²) < 4.78 is 5.25. The Bertz CT molecular complexity index is 425. The van der Waals surface area contributed by atoms with Crippen molar-refractivity contribution in [1.82, 2.24) is 10.2 Å². The molecule has 1 unspecified atom stereocenters. The molecule has 110 valence electrons. The SMILES string of the molecule is CCc1ccc(C(C)NCC(=O)N2CCOCC2)cc1. The third kappa shape index (κ3) is 4.05. The van der Waals surface area contributed by atoms with E-state index in [1.807, 2.05) is 4.90 Å². The van der Waals surface area contributed by atoms with Gasteiger partial charge >= 0.3 is 0 Å². The van der Waals surface area contributed by atoms with E-state index >= 15 is 0 Å². The largest absolute Gasteiger partial charge is 0.378 e. The second kappa shape index (κ2) is 7.41. The first-order chi connectivity index (χ1) is 9.70. The first-order valence-electron chi connectivity index (χ1n) is 7.38. The molecular weight excluding hydrogens is 252 g/mol. The number of nitrogens with one attached hydrogen (secondary N) is 1. The summed E-state index contributed by atoms with van der Waals surface area (Å²) in [6.45, 7) is 7.35. The Kier molecular flexibility index (Phi) is 5.56. The van der Waals surface area contributed by atoms with Gasteiger partial charge in [0.25, 0.3) is 0 Å². The second-order valence-corrected chi connectivity index (χ2v) is 5.19. The molecule has 2 rings (SSSR count). The van der Waals surface area contributed by atoms with Gasteiger partial charge in [-0.1, -0.05) is 31.2 Å². The first kappa shape index (κ1) is 15.0. The zero-order valence-corrected chi connectivity index (χ0v) is 12.4. The molecule has 1 atom stereocenters. The van der Waals surface area contributed by atoms with Crippen molar-refractivity contribution >= 4 is 5.91 Å². The minimum atomic E-state index is 0.158. The molecular formula is C16H24N2O2. The average Bonchev–Trinajstić information content (AvgIpc) is 2.53. The van der Waals surface area contributed by atoms with E-state index in [0.29, 0.717) is 32.8 Å². The van der Waals surface area contributed by atoms with Crippen molar-refractivity contribution in [1.29, 1.82) is 0 Å². The Morgan fingerprint density at radius 2 is 1.95 bits per heavy atom. The van der Waals surface area contributed by atoms with Gasteiger partial charge in [0.15, 0.2) is 0 Å². The lowest BCUT2D eigenvalue weighted by Crippen LogP contribution is -2.45. The van der Waals surface area contributed by atoms with Crippen LogP contribution in [0.4, 0.5) is 0 Å². The molecule has 1 N–H and O–H groups in total. The van der Waals surface area contributed by atoms with Gasteiger partial charge in [-0.05, 0) is 24.5 Å². The van der Waals surface area contributed by atoms with E-state index in [4.69, 9.17) is 4.74 Å². The van der Waals surface area contributed by atoms with Crippen LogP contribution < -0.4 is 5.32 Å². The highest BCUT2D eigenvalue weighted by Gasteiger charge is 2.17. The number of ether oxygens (including phenoxy) is 1. The van der Waals surface area contributed by atoms with E-state index in [2.05, 4.69) is 43.4 Å². The molecule has 0 aromatic heterocycles. The summed E-state index contributed by atoms with van der Waals surface area (Å²) in [7, 11) is 0. The summed E-state index contributed by atoms with van der Waals surface area (Å²) in [5, 5.41) is 3.30. The third-order valence-electron chi connectivity index (χ3n) is 3.81. The van der Waals surface area contributed by atoms with Gasteiger partial charge in [0.2, 0.25) is 5.91 Å². The summed E-state index contributed by atoms with van der Waals surface area (Å²) in [6.07, 6.45) is 1.05. The van der Waals surface area contributed by atoms with Crippen molar-refractivity contribution in [3.05, 3.63) is 35.4 Å². The molecule has 1 aromatic carbocycles. The minimum Gasteiger partial charge on any atom is -0.378 e. The van der Waals surface area contributed by atoms with Crippen LogP contribution in [0.3, 0.4) is 0 Å². The summed E-state index contributed by atoms with van der Waals surface area (Å²) in [4.78, 5) is 13.9. The van der Waals surface area contributed by atoms with E-state index in [1.54, 1.807) is 0 Å². The standard InChI is InChI=1S/C16H24N2O2/c1-3-14-4-6-15(7-5-14)13(2)17-12-16(19)18-8-10-20-11-9-18/h4-7,13,17H,3,8-12H2,1-2H3. The Balaban J connectivity index is 1.81. The minimum absolute atomic E-state index is 0.158. The van der Waals surface area contributed by atoms with Crippen molar-refractivity contribution in [2.75, 3.05) is 32.8 Å². The fourth-order valence-corrected chi connectivity index (χ4v) is 2.32. The number of morpholine rings is 1. The smallest absolute Gasteiger partial charge is 0.236 e.